The van der Waals surface area contributed by atoms with Crippen LogP contribution in [0.4, 0.5) is 4.39 Å². The Morgan fingerprint density at radius 2 is 2.33 bits per heavy atom. The highest BCUT2D eigenvalue weighted by molar-refractivity contribution is 5.72. The molecule has 78 valence electrons. The molecular weight excluding hydrogens is 197 g/mol. The molecule has 4 heteroatoms. The third-order valence-corrected chi connectivity index (χ3v) is 1.81. The summed E-state index contributed by atoms with van der Waals surface area (Å²) in [5.74, 6) is -0.960. The van der Waals surface area contributed by atoms with Crippen LogP contribution in [0.25, 0.3) is 0 Å². The van der Waals surface area contributed by atoms with E-state index < -0.39 is 5.82 Å². The fraction of sp³-hybridized carbons (Fsp3) is 0.273. The Morgan fingerprint density at radius 3 is 2.93 bits per heavy atom. The fourth-order valence-electron chi connectivity index (χ4n) is 1.15. The molecule has 0 aliphatic heterocycles. The highest BCUT2D eigenvalue weighted by Crippen LogP contribution is 2.10. The Bertz CT molecular complexity index is 410. The molecule has 0 spiro atoms. The van der Waals surface area contributed by atoms with Crippen molar-refractivity contribution in [2.45, 2.75) is 13.3 Å². The molecule has 0 fully saturated rings. The summed E-state index contributed by atoms with van der Waals surface area (Å²) >= 11 is 0. The number of hydrogen-bond acceptors (Lipinski definition) is 3. The van der Waals surface area contributed by atoms with Gasteiger partial charge in [-0.05, 0) is 24.6 Å². The number of carbonyl (C=O) groups is 1. The zero-order valence-electron chi connectivity index (χ0n) is 8.29. The molecule has 0 aliphatic carbocycles. The van der Waals surface area contributed by atoms with Crippen LogP contribution >= 0.6 is 0 Å². The molecule has 15 heavy (non-hydrogen) atoms. The van der Waals surface area contributed by atoms with Gasteiger partial charge in [-0.1, -0.05) is 6.07 Å². The van der Waals surface area contributed by atoms with Gasteiger partial charge in [0.25, 0.3) is 0 Å². The van der Waals surface area contributed by atoms with Crippen molar-refractivity contribution in [1.82, 2.24) is 0 Å². The number of ether oxygens (including phenoxy) is 1. The van der Waals surface area contributed by atoms with Gasteiger partial charge < -0.3 is 4.74 Å². The monoisotopic (exact) mass is 207 g/mol. The molecule has 0 heterocycles. The Hall–Kier alpha value is -1.89. The number of benzene rings is 1. The molecule has 1 aromatic rings. The average molecular weight is 207 g/mol. The van der Waals surface area contributed by atoms with Gasteiger partial charge in [-0.15, -0.1) is 0 Å². The molecule has 1 rings (SSSR count). The van der Waals surface area contributed by atoms with E-state index in [4.69, 9.17) is 10.00 Å². The van der Waals surface area contributed by atoms with E-state index >= 15 is 0 Å². The third-order valence-electron chi connectivity index (χ3n) is 1.81. The lowest BCUT2D eigenvalue weighted by Gasteiger charge is -2.02. The maximum absolute atomic E-state index is 12.9. The van der Waals surface area contributed by atoms with E-state index in [1.807, 2.05) is 0 Å². The number of rotatable bonds is 3. The SMILES string of the molecule is CCOC(=O)Cc1ccc(F)c(C#N)c1. The van der Waals surface area contributed by atoms with Crippen molar-refractivity contribution in [3.63, 3.8) is 0 Å². The van der Waals surface area contributed by atoms with Gasteiger partial charge in [0.15, 0.2) is 0 Å². The van der Waals surface area contributed by atoms with Crippen LogP contribution < -0.4 is 0 Å². The first kappa shape index (κ1) is 11.2. The van der Waals surface area contributed by atoms with Crippen LogP contribution in [0.3, 0.4) is 0 Å². The summed E-state index contributed by atoms with van der Waals surface area (Å²) in [6, 6.07) is 5.71. The van der Waals surface area contributed by atoms with Crippen molar-refractivity contribution < 1.29 is 13.9 Å². The van der Waals surface area contributed by atoms with Gasteiger partial charge in [-0.25, -0.2) is 4.39 Å². The van der Waals surface area contributed by atoms with Crippen LogP contribution in [-0.4, -0.2) is 12.6 Å². The second-order valence-electron chi connectivity index (χ2n) is 2.91. The van der Waals surface area contributed by atoms with E-state index in [9.17, 15) is 9.18 Å². The van der Waals surface area contributed by atoms with E-state index in [2.05, 4.69) is 0 Å². The lowest BCUT2D eigenvalue weighted by atomic mass is 10.1. The number of carbonyl (C=O) groups excluding carboxylic acids is 1. The molecular formula is C11H10FNO2. The van der Waals surface area contributed by atoms with Gasteiger partial charge in [0.05, 0.1) is 18.6 Å². The largest absolute Gasteiger partial charge is 0.466 e. The first-order valence-electron chi connectivity index (χ1n) is 4.51. The maximum Gasteiger partial charge on any atom is 0.310 e. The summed E-state index contributed by atoms with van der Waals surface area (Å²) in [6.45, 7) is 2.02. The summed E-state index contributed by atoms with van der Waals surface area (Å²) in [5.41, 5.74) is 0.517. The topological polar surface area (TPSA) is 50.1 Å². The summed E-state index contributed by atoms with van der Waals surface area (Å²) in [7, 11) is 0. The van der Waals surface area contributed by atoms with Gasteiger partial charge in [-0.2, -0.15) is 5.26 Å². The highest BCUT2D eigenvalue weighted by atomic mass is 19.1. The predicted molar refractivity (Wildman–Crippen MR) is 51.5 cm³/mol. The van der Waals surface area contributed by atoms with Crippen molar-refractivity contribution in [2.24, 2.45) is 0 Å². The lowest BCUT2D eigenvalue weighted by Crippen LogP contribution is -2.07. The summed E-state index contributed by atoms with van der Waals surface area (Å²) in [6.07, 6.45) is 0.0583. The normalized spacial score (nSPS) is 9.40. The van der Waals surface area contributed by atoms with Crippen molar-refractivity contribution in [3.8, 4) is 6.07 Å². The van der Waals surface area contributed by atoms with Gasteiger partial charge in [0.2, 0.25) is 0 Å². The van der Waals surface area contributed by atoms with E-state index in [-0.39, 0.29) is 18.0 Å². The molecule has 0 radical (unpaired) electrons. The van der Waals surface area contributed by atoms with E-state index in [0.29, 0.717) is 12.2 Å². The van der Waals surface area contributed by atoms with E-state index in [1.54, 1.807) is 13.0 Å². The number of hydrogen-bond donors (Lipinski definition) is 0. The minimum Gasteiger partial charge on any atom is -0.466 e. The molecule has 0 aromatic heterocycles. The molecule has 0 atom stereocenters. The second kappa shape index (κ2) is 5.11. The minimum absolute atomic E-state index is 0.0583. The van der Waals surface area contributed by atoms with Crippen LogP contribution in [0.15, 0.2) is 18.2 Å². The molecule has 1 aromatic carbocycles. The molecule has 0 aliphatic rings. The summed E-state index contributed by atoms with van der Waals surface area (Å²) in [4.78, 5) is 11.1. The molecule has 0 bridgehead atoms. The van der Waals surface area contributed by atoms with Gasteiger partial charge in [-0.3, -0.25) is 4.79 Å². The first-order valence-corrected chi connectivity index (χ1v) is 4.51. The third kappa shape index (κ3) is 3.06. The Morgan fingerprint density at radius 1 is 1.60 bits per heavy atom. The van der Waals surface area contributed by atoms with Gasteiger partial charge in [0, 0.05) is 0 Å². The minimum atomic E-state index is -0.579. The quantitative estimate of drug-likeness (QED) is 0.710. The fourth-order valence-corrected chi connectivity index (χ4v) is 1.15. The maximum atomic E-state index is 12.9. The number of esters is 1. The second-order valence-corrected chi connectivity index (χ2v) is 2.91. The van der Waals surface area contributed by atoms with Crippen molar-refractivity contribution >= 4 is 5.97 Å². The van der Waals surface area contributed by atoms with Crippen molar-refractivity contribution in [1.29, 1.82) is 5.26 Å². The Balaban J connectivity index is 2.80. The smallest absolute Gasteiger partial charge is 0.310 e. The molecule has 0 amide bonds. The van der Waals surface area contributed by atoms with Crippen LogP contribution in [0.2, 0.25) is 0 Å². The summed E-state index contributed by atoms with van der Waals surface area (Å²) < 4.78 is 17.7. The predicted octanol–water partition coefficient (Wildman–Crippen LogP) is 1.80. The van der Waals surface area contributed by atoms with Gasteiger partial charge in [0.1, 0.15) is 11.9 Å². The molecule has 0 saturated carbocycles. The Labute approximate surface area is 87.1 Å². The van der Waals surface area contributed by atoms with Crippen LogP contribution in [0.1, 0.15) is 18.1 Å². The Kier molecular flexibility index (Phi) is 3.81. The number of nitrogens with zero attached hydrogens (tertiary/aromatic N) is 1. The summed E-state index contributed by atoms with van der Waals surface area (Å²) in [5, 5.41) is 8.57. The molecule has 0 unspecified atom stereocenters. The molecule has 0 N–H and O–H groups in total. The van der Waals surface area contributed by atoms with Gasteiger partial charge >= 0.3 is 5.97 Å². The standard InChI is InChI=1S/C11H10FNO2/c1-2-15-11(14)6-8-3-4-10(12)9(5-8)7-13/h3-5H,2,6H2,1H3. The zero-order valence-corrected chi connectivity index (χ0v) is 8.29. The van der Waals surface area contributed by atoms with E-state index in [1.165, 1.54) is 18.2 Å². The first-order chi connectivity index (χ1) is 7.17. The van der Waals surface area contributed by atoms with Crippen LogP contribution in [-0.2, 0) is 16.0 Å². The lowest BCUT2D eigenvalue weighted by molar-refractivity contribution is -0.142. The molecule has 0 saturated heterocycles. The number of halogens is 1. The zero-order chi connectivity index (χ0) is 11.3. The van der Waals surface area contributed by atoms with E-state index in [0.717, 1.165) is 0 Å². The van der Waals surface area contributed by atoms with Crippen molar-refractivity contribution in [2.75, 3.05) is 6.61 Å². The van der Waals surface area contributed by atoms with Crippen LogP contribution in [0, 0.1) is 17.1 Å². The van der Waals surface area contributed by atoms with Crippen LogP contribution in [0.5, 0.6) is 0 Å². The number of nitriles is 1. The highest BCUT2D eigenvalue weighted by Gasteiger charge is 2.07. The van der Waals surface area contributed by atoms with Crippen molar-refractivity contribution in [3.05, 3.63) is 35.1 Å². The molecule has 3 nitrogen and oxygen atoms in total. The average Bonchev–Trinajstić information content (AvgIpc) is 2.21.